The maximum atomic E-state index is 12.2. The second-order valence-corrected chi connectivity index (χ2v) is 6.80. The van der Waals surface area contributed by atoms with Crippen LogP contribution in [-0.4, -0.2) is 34.8 Å². The highest BCUT2D eigenvalue weighted by atomic mass is 35.5. The number of halogens is 1. The van der Waals surface area contributed by atoms with Crippen molar-refractivity contribution in [2.75, 3.05) is 13.2 Å². The molecule has 3 aromatic rings. The molecule has 0 aliphatic carbocycles. The minimum atomic E-state index is -0.519. The number of hydrogen-bond acceptors (Lipinski definition) is 5. The van der Waals surface area contributed by atoms with Crippen molar-refractivity contribution in [2.24, 2.45) is 0 Å². The predicted octanol–water partition coefficient (Wildman–Crippen LogP) is 3.34. The van der Waals surface area contributed by atoms with Crippen LogP contribution in [0.5, 0.6) is 0 Å². The molecule has 2 aromatic heterocycles. The van der Waals surface area contributed by atoms with Gasteiger partial charge in [0.25, 0.3) is 5.91 Å². The van der Waals surface area contributed by atoms with Gasteiger partial charge >= 0.3 is 5.97 Å². The van der Waals surface area contributed by atoms with Gasteiger partial charge in [0.1, 0.15) is 9.71 Å². The third-order valence-corrected chi connectivity index (χ3v) is 4.87. The fourth-order valence-corrected chi connectivity index (χ4v) is 3.56. The molecule has 0 radical (unpaired) electrons. The van der Waals surface area contributed by atoms with E-state index in [2.05, 4.69) is 10.4 Å². The third-order valence-electron chi connectivity index (χ3n) is 3.53. The van der Waals surface area contributed by atoms with Gasteiger partial charge in [0.15, 0.2) is 6.61 Å². The summed E-state index contributed by atoms with van der Waals surface area (Å²) >= 11 is 7.21. The van der Waals surface area contributed by atoms with Crippen molar-refractivity contribution in [1.82, 2.24) is 15.1 Å². The Morgan fingerprint density at radius 1 is 1.32 bits per heavy atom. The van der Waals surface area contributed by atoms with Gasteiger partial charge in [-0.25, -0.2) is 9.48 Å². The first-order chi connectivity index (χ1) is 12.0. The summed E-state index contributed by atoms with van der Waals surface area (Å²) in [6, 6.07) is 9.04. The first kappa shape index (κ1) is 17.4. The van der Waals surface area contributed by atoms with Crippen LogP contribution in [0.2, 0.25) is 5.02 Å². The number of hydrogen-bond donors (Lipinski definition) is 1. The van der Waals surface area contributed by atoms with Gasteiger partial charge in [-0.2, -0.15) is 5.10 Å². The highest BCUT2D eigenvalue weighted by Crippen LogP contribution is 2.31. The van der Waals surface area contributed by atoms with Crippen LogP contribution in [0.4, 0.5) is 0 Å². The van der Waals surface area contributed by atoms with E-state index in [-0.39, 0.29) is 12.5 Å². The quantitative estimate of drug-likeness (QED) is 0.692. The number of carbonyl (C=O) groups is 2. The second-order valence-electron chi connectivity index (χ2n) is 5.33. The summed E-state index contributed by atoms with van der Waals surface area (Å²) in [5.74, 6) is -0.838. The number of ether oxygens (including phenoxy) is 1. The maximum Gasteiger partial charge on any atom is 0.348 e. The lowest BCUT2D eigenvalue weighted by Gasteiger charge is -2.03. The molecule has 8 heteroatoms. The topological polar surface area (TPSA) is 73.2 Å². The average Bonchev–Trinajstić information content (AvgIpc) is 3.15. The van der Waals surface area contributed by atoms with Gasteiger partial charge in [0.2, 0.25) is 0 Å². The Kier molecular flexibility index (Phi) is 5.06. The standard InChI is InChI=1S/C17H16ClN3O3S/c1-3-19-15(22)9-24-17(23)14-8-13-10(2)20-21(16(13)25-14)12-6-4-11(18)5-7-12/h4-8H,3,9H2,1-2H3,(H,19,22). The number of benzene rings is 1. The zero-order chi connectivity index (χ0) is 18.0. The van der Waals surface area contributed by atoms with E-state index in [4.69, 9.17) is 16.3 Å². The van der Waals surface area contributed by atoms with Crippen LogP contribution in [-0.2, 0) is 9.53 Å². The SMILES string of the molecule is CCNC(=O)COC(=O)c1cc2c(C)nn(-c3ccc(Cl)cc3)c2s1. The highest BCUT2D eigenvalue weighted by Gasteiger charge is 2.18. The summed E-state index contributed by atoms with van der Waals surface area (Å²) in [5.41, 5.74) is 1.66. The molecule has 1 amide bonds. The molecule has 0 atom stereocenters. The summed E-state index contributed by atoms with van der Waals surface area (Å²) in [6.07, 6.45) is 0. The number of nitrogens with one attached hydrogen (secondary N) is 1. The molecule has 0 aliphatic heterocycles. The van der Waals surface area contributed by atoms with Gasteiger partial charge in [-0.15, -0.1) is 11.3 Å². The van der Waals surface area contributed by atoms with Crippen molar-refractivity contribution in [3.8, 4) is 5.69 Å². The Morgan fingerprint density at radius 3 is 2.72 bits per heavy atom. The highest BCUT2D eigenvalue weighted by molar-refractivity contribution is 7.20. The van der Waals surface area contributed by atoms with E-state index >= 15 is 0 Å². The Bertz CT molecular complexity index is 931. The largest absolute Gasteiger partial charge is 0.451 e. The summed E-state index contributed by atoms with van der Waals surface area (Å²) in [5, 5.41) is 8.62. The van der Waals surface area contributed by atoms with Crippen LogP contribution in [0.25, 0.3) is 15.9 Å². The number of carbonyl (C=O) groups excluding carboxylic acids is 2. The van der Waals surface area contributed by atoms with Gasteiger partial charge in [-0.05, 0) is 44.2 Å². The van der Waals surface area contributed by atoms with Crippen molar-refractivity contribution >= 4 is 45.0 Å². The van der Waals surface area contributed by atoms with Crippen LogP contribution in [0.1, 0.15) is 22.3 Å². The molecular formula is C17H16ClN3O3S. The van der Waals surface area contributed by atoms with Crippen molar-refractivity contribution in [3.05, 3.63) is 45.9 Å². The van der Waals surface area contributed by atoms with E-state index in [1.807, 2.05) is 19.1 Å². The molecule has 3 rings (SSSR count). The molecule has 0 fully saturated rings. The molecular weight excluding hydrogens is 362 g/mol. The van der Waals surface area contributed by atoms with E-state index < -0.39 is 5.97 Å². The molecule has 1 aromatic carbocycles. The van der Waals surface area contributed by atoms with Crippen LogP contribution < -0.4 is 5.32 Å². The number of thiophene rings is 1. The summed E-state index contributed by atoms with van der Waals surface area (Å²) in [4.78, 5) is 24.9. The molecule has 25 heavy (non-hydrogen) atoms. The average molecular weight is 378 g/mol. The fraction of sp³-hybridized carbons (Fsp3) is 0.235. The van der Waals surface area contributed by atoms with Crippen LogP contribution in [0.3, 0.4) is 0 Å². The Hall–Kier alpha value is -2.38. The Morgan fingerprint density at radius 2 is 2.04 bits per heavy atom. The van der Waals surface area contributed by atoms with Crippen molar-refractivity contribution in [1.29, 1.82) is 0 Å². The smallest absolute Gasteiger partial charge is 0.348 e. The number of aryl methyl sites for hydroxylation is 1. The number of amides is 1. The maximum absolute atomic E-state index is 12.2. The zero-order valence-corrected chi connectivity index (χ0v) is 15.3. The lowest BCUT2D eigenvalue weighted by atomic mass is 10.3. The molecule has 1 N–H and O–H groups in total. The number of rotatable bonds is 5. The third kappa shape index (κ3) is 3.67. The van der Waals surface area contributed by atoms with Crippen LogP contribution in [0, 0.1) is 6.92 Å². The summed E-state index contributed by atoms with van der Waals surface area (Å²) in [7, 11) is 0. The second kappa shape index (κ2) is 7.25. The van der Waals surface area contributed by atoms with E-state index in [1.165, 1.54) is 11.3 Å². The molecule has 0 bridgehead atoms. The molecule has 0 unspecified atom stereocenters. The van der Waals surface area contributed by atoms with E-state index in [1.54, 1.807) is 29.8 Å². The lowest BCUT2D eigenvalue weighted by Crippen LogP contribution is -2.28. The Balaban J connectivity index is 1.87. The Labute approximate surface area is 153 Å². The zero-order valence-electron chi connectivity index (χ0n) is 13.7. The van der Waals surface area contributed by atoms with Gasteiger partial charge in [0.05, 0.1) is 11.4 Å². The number of fused-ring (bicyclic) bond motifs is 1. The molecule has 0 aliphatic rings. The van der Waals surface area contributed by atoms with Crippen molar-refractivity contribution in [3.63, 3.8) is 0 Å². The predicted molar refractivity (Wildman–Crippen MR) is 97.7 cm³/mol. The first-order valence-electron chi connectivity index (χ1n) is 7.68. The van der Waals surface area contributed by atoms with Crippen LogP contribution >= 0.6 is 22.9 Å². The number of likely N-dealkylation sites (N-methyl/N-ethyl adjacent to an activating group) is 1. The molecule has 0 saturated heterocycles. The molecule has 130 valence electrons. The summed E-state index contributed by atoms with van der Waals surface area (Å²) in [6.45, 7) is 3.89. The van der Waals surface area contributed by atoms with Crippen molar-refractivity contribution in [2.45, 2.75) is 13.8 Å². The molecule has 0 saturated carbocycles. The van der Waals surface area contributed by atoms with Gasteiger partial charge in [-0.1, -0.05) is 11.6 Å². The van der Waals surface area contributed by atoms with Crippen LogP contribution in [0.15, 0.2) is 30.3 Å². The normalized spacial score (nSPS) is 10.8. The first-order valence-corrected chi connectivity index (χ1v) is 8.88. The molecule has 0 spiro atoms. The number of esters is 1. The van der Waals surface area contributed by atoms with E-state index in [0.717, 1.165) is 21.6 Å². The monoisotopic (exact) mass is 377 g/mol. The minimum Gasteiger partial charge on any atom is -0.451 e. The van der Waals surface area contributed by atoms with Gasteiger partial charge < -0.3 is 10.1 Å². The van der Waals surface area contributed by atoms with Gasteiger partial charge in [-0.3, -0.25) is 4.79 Å². The number of nitrogens with zero attached hydrogens (tertiary/aromatic N) is 2. The van der Waals surface area contributed by atoms with Gasteiger partial charge in [0, 0.05) is 17.0 Å². The molecule has 6 nitrogen and oxygen atoms in total. The fourth-order valence-electron chi connectivity index (χ4n) is 2.36. The lowest BCUT2D eigenvalue weighted by molar-refractivity contribution is -0.124. The molecule has 2 heterocycles. The minimum absolute atomic E-state index is 0.288. The van der Waals surface area contributed by atoms with E-state index in [0.29, 0.717) is 16.4 Å². The summed E-state index contributed by atoms with van der Waals surface area (Å²) < 4.78 is 6.82. The van der Waals surface area contributed by atoms with Crippen molar-refractivity contribution < 1.29 is 14.3 Å². The number of aromatic nitrogens is 2. The van der Waals surface area contributed by atoms with E-state index in [9.17, 15) is 9.59 Å².